The summed E-state index contributed by atoms with van der Waals surface area (Å²) in [6.45, 7) is 7.35. The Balaban J connectivity index is 1.51. The molecule has 1 amide bonds. The van der Waals surface area contributed by atoms with E-state index in [1.165, 1.54) is 0 Å². The summed E-state index contributed by atoms with van der Waals surface area (Å²) in [5.41, 5.74) is 6.55. The van der Waals surface area contributed by atoms with Crippen molar-refractivity contribution in [2.75, 3.05) is 66.6 Å². The van der Waals surface area contributed by atoms with E-state index in [2.05, 4.69) is 21.7 Å². The SMILES string of the molecule is COc1ccc(CN2CCC(C(N)=O)CC2)cc1OCC(O)CN1CCN(C)CC1. The predicted octanol–water partition coefficient (Wildman–Crippen LogP) is 0.380. The molecule has 3 rings (SSSR count). The number of ether oxygens (including phenoxy) is 2. The Hall–Kier alpha value is -1.87. The maximum absolute atomic E-state index is 11.3. The van der Waals surface area contributed by atoms with Gasteiger partial charge in [-0.25, -0.2) is 0 Å². The van der Waals surface area contributed by atoms with Crippen LogP contribution in [-0.2, 0) is 11.3 Å². The summed E-state index contributed by atoms with van der Waals surface area (Å²) >= 11 is 0. The van der Waals surface area contributed by atoms with Gasteiger partial charge in [-0.2, -0.15) is 0 Å². The number of rotatable bonds is 9. The highest BCUT2D eigenvalue weighted by atomic mass is 16.5. The highest BCUT2D eigenvalue weighted by Gasteiger charge is 2.23. The molecule has 1 aromatic rings. The van der Waals surface area contributed by atoms with Crippen LogP contribution in [0, 0.1) is 5.92 Å². The van der Waals surface area contributed by atoms with Crippen molar-refractivity contribution in [2.24, 2.45) is 11.7 Å². The van der Waals surface area contributed by atoms with Crippen LogP contribution in [0.3, 0.4) is 0 Å². The Bertz CT molecular complexity index is 686. The van der Waals surface area contributed by atoms with E-state index >= 15 is 0 Å². The molecule has 2 fully saturated rings. The molecular formula is C22H36N4O4. The topological polar surface area (TPSA) is 91.5 Å². The van der Waals surface area contributed by atoms with Gasteiger partial charge in [0.1, 0.15) is 12.7 Å². The summed E-state index contributed by atoms with van der Waals surface area (Å²) in [4.78, 5) is 18.2. The summed E-state index contributed by atoms with van der Waals surface area (Å²) in [5.74, 6) is 1.13. The molecule has 0 saturated carbocycles. The van der Waals surface area contributed by atoms with Gasteiger partial charge in [0.2, 0.25) is 5.91 Å². The summed E-state index contributed by atoms with van der Waals surface area (Å²) < 4.78 is 11.4. The van der Waals surface area contributed by atoms with Crippen molar-refractivity contribution < 1.29 is 19.4 Å². The Morgan fingerprint density at radius 3 is 2.47 bits per heavy atom. The maximum atomic E-state index is 11.3. The van der Waals surface area contributed by atoms with Crippen molar-refractivity contribution in [3.8, 4) is 11.5 Å². The Labute approximate surface area is 179 Å². The molecule has 168 valence electrons. The first kappa shape index (κ1) is 22.8. The van der Waals surface area contributed by atoms with Gasteiger partial charge in [-0.1, -0.05) is 6.07 Å². The number of likely N-dealkylation sites (N-methyl/N-ethyl adjacent to an activating group) is 1. The quantitative estimate of drug-likeness (QED) is 0.597. The molecule has 30 heavy (non-hydrogen) atoms. The van der Waals surface area contributed by atoms with Gasteiger partial charge >= 0.3 is 0 Å². The van der Waals surface area contributed by atoms with Crippen LogP contribution in [0.4, 0.5) is 0 Å². The molecule has 0 aromatic heterocycles. The molecule has 0 bridgehead atoms. The van der Waals surface area contributed by atoms with Crippen molar-refractivity contribution in [3.05, 3.63) is 23.8 Å². The van der Waals surface area contributed by atoms with E-state index in [0.29, 0.717) is 18.0 Å². The van der Waals surface area contributed by atoms with E-state index in [1.54, 1.807) is 7.11 Å². The molecule has 8 heteroatoms. The van der Waals surface area contributed by atoms with Gasteiger partial charge in [0.15, 0.2) is 11.5 Å². The molecule has 1 atom stereocenters. The van der Waals surface area contributed by atoms with Crippen molar-refractivity contribution in [3.63, 3.8) is 0 Å². The molecule has 8 nitrogen and oxygen atoms in total. The van der Waals surface area contributed by atoms with Crippen LogP contribution in [0.2, 0.25) is 0 Å². The summed E-state index contributed by atoms with van der Waals surface area (Å²) in [5, 5.41) is 10.4. The van der Waals surface area contributed by atoms with Crippen molar-refractivity contribution in [1.29, 1.82) is 0 Å². The van der Waals surface area contributed by atoms with Crippen LogP contribution in [0.5, 0.6) is 11.5 Å². The lowest BCUT2D eigenvalue weighted by molar-refractivity contribution is -0.123. The highest BCUT2D eigenvalue weighted by molar-refractivity contribution is 5.76. The van der Waals surface area contributed by atoms with Gasteiger partial charge in [0.05, 0.1) is 7.11 Å². The van der Waals surface area contributed by atoms with Crippen molar-refractivity contribution >= 4 is 5.91 Å². The van der Waals surface area contributed by atoms with Gasteiger partial charge in [-0.3, -0.25) is 14.6 Å². The Morgan fingerprint density at radius 2 is 1.83 bits per heavy atom. The zero-order valence-corrected chi connectivity index (χ0v) is 18.3. The molecule has 0 aliphatic carbocycles. The van der Waals surface area contributed by atoms with Gasteiger partial charge < -0.3 is 25.2 Å². The maximum Gasteiger partial charge on any atom is 0.220 e. The van der Waals surface area contributed by atoms with Gasteiger partial charge in [0, 0.05) is 45.2 Å². The third-order valence-electron chi connectivity index (χ3n) is 6.12. The lowest BCUT2D eigenvalue weighted by Gasteiger charge is -2.33. The average Bonchev–Trinajstić information content (AvgIpc) is 2.74. The van der Waals surface area contributed by atoms with Gasteiger partial charge in [-0.05, 0) is 50.7 Å². The van der Waals surface area contributed by atoms with Crippen LogP contribution < -0.4 is 15.2 Å². The van der Waals surface area contributed by atoms with Gasteiger partial charge in [0.25, 0.3) is 0 Å². The van der Waals surface area contributed by atoms with Crippen LogP contribution >= 0.6 is 0 Å². The molecule has 2 heterocycles. The smallest absolute Gasteiger partial charge is 0.220 e. The molecule has 3 N–H and O–H groups in total. The first-order valence-corrected chi connectivity index (χ1v) is 10.8. The number of benzene rings is 1. The van der Waals surface area contributed by atoms with E-state index in [-0.39, 0.29) is 18.4 Å². The number of nitrogens with zero attached hydrogens (tertiary/aromatic N) is 3. The molecule has 1 aromatic carbocycles. The van der Waals surface area contributed by atoms with Crippen molar-refractivity contribution in [2.45, 2.75) is 25.5 Å². The fourth-order valence-electron chi connectivity index (χ4n) is 4.13. The number of likely N-dealkylation sites (tertiary alicyclic amines) is 1. The second kappa shape index (κ2) is 10.9. The largest absolute Gasteiger partial charge is 0.493 e. The lowest BCUT2D eigenvalue weighted by atomic mass is 9.96. The molecule has 2 aliphatic heterocycles. The van der Waals surface area contributed by atoms with Crippen LogP contribution in [-0.4, -0.2) is 98.4 Å². The first-order chi connectivity index (χ1) is 14.4. The number of carbonyl (C=O) groups is 1. The number of primary amides is 1. The number of piperazine rings is 1. The minimum atomic E-state index is -0.547. The number of carbonyl (C=O) groups excluding carboxylic acids is 1. The van der Waals surface area contributed by atoms with E-state index in [4.69, 9.17) is 15.2 Å². The van der Waals surface area contributed by atoms with E-state index in [0.717, 1.165) is 64.2 Å². The molecule has 2 aliphatic rings. The molecule has 1 unspecified atom stereocenters. The third kappa shape index (κ3) is 6.57. The predicted molar refractivity (Wildman–Crippen MR) is 116 cm³/mol. The number of hydrogen-bond acceptors (Lipinski definition) is 7. The monoisotopic (exact) mass is 420 g/mol. The number of nitrogens with two attached hydrogens (primary N) is 1. The first-order valence-electron chi connectivity index (χ1n) is 10.8. The van der Waals surface area contributed by atoms with Gasteiger partial charge in [-0.15, -0.1) is 0 Å². The fraction of sp³-hybridized carbons (Fsp3) is 0.682. The minimum Gasteiger partial charge on any atom is -0.493 e. The molecular weight excluding hydrogens is 384 g/mol. The molecule has 0 radical (unpaired) electrons. The van der Waals surface area contributed by atoms with Crippen LogP contribution in [0.15, 0.2) is 18.2 Å². The number of amides is 1. The zero-order chi connectivity index (χ0) is 21.5. The summed E-state index contributed by atoms with van der Waals surface area (Å²) in [6.07, 6.45) is 1.08. The zero-order valence-electron chi connectivity index (χ0n) is 18.3. The number of methoxy groups -OCH3 is 1. The molecule has 0 spiro atoms. The standard InChI is InChI=1S/C22H36N4O4/c1-24-9-11-26(12-10-24)15-19(27)16-30-21-13-17(3-4-20(21)29-2)14-25-7-5-18(6-8-25)22(23)28/h3-4,13,18-19,27H,5-12,14-16H2,1-2H3,(H2,23,28). The lowest BCUT2D eigenvalue weighted by Crippen LogP contribution is -2.47. The summed E-state index contributed by atoms with van der Waals surface area (Å²) in [7, 11) is 3.74. The number of hydrogen-bond donors (Lipinski definition) is 2. The van der Waals surface area contributed by atoms with E-state index in [9.17, 15) is 9.90 Å². The Kier molecular flexibility index (Phi) is 8.32. The van der Waals surface area contributed by atoms with Crippen LogP contribution in [0.25, 0.3) is 0 Å². The normalized spacial score (nSPS) is 20.8. The fourth-order valence-corrected chi connectivity index (χ4v) is 4.13. The van der Waals surface area contributed by atoms with Crippen LogP contribution in [0.1, 0.15) is 18.4 Å². The second-order valence-corrected chi connectivity index (χ2v) is 8.51. The van der Waals surface area contributed by atoms with E-state index < -0.39 is 6.10 Å². The number of aliphatic hydroxyl groups excluding tert-OH is 1. The summed E-state index contributed by atoms with van der Waals surface area (Å²) in [6, 6.07) is 5.93. The van der Waals surface area contributed by atoms with Crippen molar-refractivity contribution in [1.82, 2.24) is 14.7 Å². The molecule has 2 saturated heterocycles. The number of piperidine rings is 1. The second-order valence-electron chi connectivity index (χ2n) is 8.51. The minimum absolute atomic E-state index is 0.00203. The van der Waals surface area contributed by atoms with E-state index in [1.807, 2.05) is 18.2 Å². The number of aliphatic hydroxyl groups is 1. The third-order valence-corrected chi connectivity index (χ3v) is 6.12. The highest BCUT2D eigenvalue weighted by Crippen LogP contribution is 2.29. The average molecular weight is 421 g/mol. The Morgan fingerprint density at radius 1 is 1.13 bits per heavy atom. The number of β-amino-alcohol motifs (C(OH)–C–C–N with tert-alkyl or cyclic N) is 1.